The lowest BCUT2D eigenvalue weighted by Gasteiger charge is -2.23. The van der Waals surface area contributed by atoms with Gasteiger partial charge in [-0.3, -0.25) is 4.79 Å². The minimum atomic E-state index is -4.10. The molecule has 0 aromatic heterocycles. The Hall–Kier alpha value is -3.53. The SMILES string of the molecule is CN1C(C(=O)Nc2cccc(O)c2)=CC(c2ccc3c(c2)OCO3)=NS1(=O)=O. The third-order valence-electron chi connectivity index (χ3n) is 4.18. The van der Waals surface area contributed by atoms with Crippen molar-refractivity contribution in [2.24, 2.45) is 4.40 Å². The minimum Gasteiger partial charge on any atom is -0.508 e. The zero-order valence-electron chi connectivity index (χ0n) is 14.6. The number of carbonyl (C=O) groups is 1. The van der Waals surface area contributed by atoms with Crippen molar-refractivity contribution in [3.8, 4) is 17.2 Å². The Morgan fingerprint density at radius 3 is 2.75 bits per heavy atom. The molecule has 10 heteroatoms. The van der Waals surface area contributed by atoms with E-state index in [-0.39, 0.29) is 24.0 Å². The highest BCUT2D eigenvalue weighted by Crippen LogP contribution is 2.33. The van der Waals surface area contributed by atoms with E-state index in [9.17, 15) is 18.3 Å². The second-order valence-electron chi connectivity index (χ2n) is 6.02. The number of nitrogens with one attached hydrogen (secondary N) is 1. The fraction of sp³-hybridized carbons (Fsp3) is 0.111. The number of nitrogens with zero attached hydrogens (tertiary/aromatic N) is 2. The van der Waals surface area contributed by atoms with E-state index in [1.807, 2.05) is 0 Å². The standard InChI is InChI=1S/C18H15N3O6S/c1-21-15(18(23)19-12-3-2-4-13(22)8-12)9-14(20-28(21,24)25)11-5-6-16-17(7-11)27-10-26-16/h2-9,22H,10H2,1H3,(H,19,23). The van der Waals surface area contributed by atoms with Crippen molar-refractivity contribution >= 4 is 27.5 Å². The van der Waals surface area contributed by atoms with Crippen molar-refractivity contribution in [3.05, 3.63) is 59.8 Å². The number of likely N-dealkylation sites (N-methyl/N-ethyl adjacent to an activating group) is 1. The van der Waals surface area contributed by atoms with Crippen molar-refractivity contribution in [1.82, 2.24) is 4.31 Å². The number of rotatable bonds is 3. The molecular weight excluding hydrogens is 386 g/mol. The molecule has 144 valence electrons. The van der Waals surface area contributed by atoms with Crippen LogP contribution in [0.3, 0.4) is 0 Å². The largest absolute Gasteiger partial charge is 0.508 e. The number of hydrogen-bond donors (Lipinski definition) is 2. The van der Waals surface area contributed by atoms with Gasteiger partial charge in [0, 0.05) is 24.4 Å². The van der Waals surface area contributed by atoms with Gasteiger partial charge in [-0.2, -0.15) is 8.42 Å². The number of carbonyl (C=O) groups excluding carboxylic acids is 1. The molecular formula is C18H15N3O6S. The number of ether oxygens (including phenoxy) is 2. The summed E-state index contributed by atoms with van der Waals surface area (Å²) >= 11 is 0. The summed E-state index contributed by atoms with van der Waals surface area (Å²) in [5, 5.41) is 12.1. The Labute approximate surface area is 160 Å². The number of aromatic hydroxyl groups is 1. The molecule has 0 bridgehead atoms. The zero-order chi connectivity index (χ0) is 19.9. The molecule has 0 spiro atoms. The van der Waals surface area contributed by atoms with Crippen molar-refractivity contribution in [2.45, 2.75) is 0 Å². The molecule has 2 aliphatic rings. The molecule has 0 radical (unpaired) electrons. The summed E-state index contributed by atoms with van der Waals surface area (Å²) in [6, 6.07) is 10.8. The summed E-state index contributed by atoms with van der Waals surface area (Å²) in [6.07, 6.45) is 1.37. The van der Waals surface area contributed by atoms with E-state index < -0.39 is 16.1 Å². The summed E-state index contributed by atoms with van der Waals surface area (Å²) < 4.78 is 40.0. The Morgan fingerprint density at radius 2 is 1.96 bits per heavy atom. The van der Waals surface area contributed by atoms with Crippen molar-refractivity contribution in [1.29, 1.82) is 0 Å². The van der Waals surface area contributed by atoms with Crippen LogP contribution in [-0.4, -0.2) is 43.3 Å². The molecule has 4 rings (SSSR count). The molecule has 2 heterocycles. The monoisotopic (exact) mass is 401 g/mol. The van der Waals surface area contributed by atoms with Gasteiger partial charge < -0.3 is 19.9 Å². The molecule has 2 aromatic carbocycles. The summed E-state index contributed by atoms with van der Waals surface area (Å²) in [7, 11) is -2.86. The van der Waals surface area contributed by atoms with Crippen LogP contribution in [0.25, 0.3) is 0 Å². The zero-order valence-corrected chi connectivity index (χ0v) is 15.4. The Bertz CT molecular complexity index is 1140. The minimum absolute atomic E-state index is 0.0287. The molecule has 2 aromatic rings. The number of phenols is 1. The number of fused-ring (bicyclic) bond motifs is 1. The van der Waals surface area contributed by atoms with Crippen LogP contribution < -0.4 is 14.8 Å². The highest BCUT2D eigenvalue weighted by atomic mass is 32.2. The van der Waals surface area contributed by atoms with Gasteiger partial charge >= 0.3 is 10.2 Å². The highest BCUT2D eigenvalue weighted by Gasteiger charge is 2.30. The normalized spacial score (nSPS) is 17.0. The van der Waals surface area contributed by atoms with Crippen LogP contribution in [0, 0.1) is 0 Å². The first kappa shape index (κ1) is 17.9. The van der Waals surface area contributed by atoms with E-state index in [2.05, 4.69) is 9.71 Å². The van der Waals surface area contributed by atoms with Crippen LogP contribution in [0.5, 0.6) is 17.2 Å². The average molecular weight is 401 g/mol. The van der Waals surface area contributed by atoms with Crippen LogP contribution in [0.4, 0.5) is 5.69 Å². The number of amides is 1. The predicted molar refractivity (Wildman–Crippen MR) is 101 cm³/mol. The summed E-state index contributed by atoms with van der Waals surface area (Å²) in [5.41, 5.74) is 0.760. The van der Waals surface area contributed by atoms with Gasteiger partial charge in [-0.15, -0.1) is 4.40 Å². The predicted octanol–water partition coefficient (Wildman–Crippen LogP) is 1.62. The number of allylic oxidation sites excluding steroid dienone is 1. The van der Waals surface area contributed by atoms with Gasteiger partial charge in [0.25, 0.3) is 5.91 Å². The topological polar surface area (TPSA) is 118 Å². The molecule has 2 N–H and O–H groups in total. The molecule has 0 fully saturated rings. The third kappa shape index (κ3) is 3.25. The van der Waals surface area contributed by atoms with E-state index in [0.29, 0.717) is 22.7 Å². The van der Waals surface area contributed by atoms with Crippen molar-refractivity contribution < 1.29 is 27.8 Å². The second kappa shape index (κ2) is 6.57. The van der Waals surface area contributed by atoms with Gasteiger partial charge in [0.1, 0.15) is 11.4 Å². The quantitative estimate of drug-likeness (QED) is 0.807. The lowest BCUT2D eigenvalue weighted by molar-refractivity contribution is -0.113. The lowest BCUT2D eigenvalue weighted by Crippen LogP contribution is -2.35. The fourth-order valence-corrected chi connectivity index (χ4v) is 3.65. The number of phenolic OH excluding ortho intramolecular Hbond substituents is 1. The van der Waals surface area contributed by atoms with E-state index in [1.165, 1.54) is 25.3 Å². The molecule has 0 atom stereocenters. The molecule has 2 aliphatic heterocycles. The smallest absolute Gasteiger partial charge is 0.345 e. The number of benzene rings is 2. The van der Waals surface area contributed by atoms with Crippen LogP contribution in [0.2, 0.25) is 0 Å². The third-order valence-corrected chi connectivity index (χ3v) is 5.49. The molecule has 0 saturated heterocycles. The van der Waals surface area contributed by atoms with Gasteiger partial charge in [-0.05, 0) is 36.4 Å². The van der Waals surface area contributed by atoms with E-state index in [0.717, 1.165) is 4.31 Å². The maximum absolute atomic E-state index is 12.7. The van der Waals surface area contributed by atoms with E-state index in [1.54, 1.807) is 30.3 Å². The molecule has 1 amide bonds. The lowest BCUT2D eigenvalue weighted by atomic mass is 10.1. The number of anilines is 1. The van der Waals surface area contributed by atoms with Gasteiger partial charge in [0.15, 0.2) is 11.5 Å². The number of hydrogen-bond acceptors (Lipinski definition) is 6. The van der Waals surface area contributed by atoms with Gasteiger partial charge in [-0.25, -0.2) is 4.31 Å². The van der Waals surface area contributed by atoms with E-state index >= 15 is 0 Å². The van der Waals surface area contributed by atoms with Gasteiger partial charge in [0.2, 0.25) is 6.79 Å². The maximum Gasteiger partial charge on any atom is 0.345 e. The first-order chi connectivity index (χ1) is 13.3. The van der Waals surface area contributed by atoms with Crippen LogP contribution in [0.15, 0.2) is 58.6 Å². The van der Waals surface area contributed by atoms with Crippen molar-refractivity contribution in [2.75, 3.05) is 19.2 Å². The summed E-state index contributed by atoms with van der Waals surface area (Å²) in [4.78, 5) is 12.7. The Balaban J connectivity index is 1.70. The molecule has 0 aliphatic carbocycles. The first-order valence-corrected chi connectivity index (χ1v) is 9.54. The molecule has 9 nitrogen and oxygen atoms in total. The van der Waals surface area contributed by atoms with Gasteiger partial charge in [-0.1, -0.05) is 6.07 Å². The molecule has 28 heavy (non-hydrogen) atoms. The first-order valence-electron chi connectivity index (χ1n) is 8.14. The second-order valence-corrected chi connectivity index (χ2v) is 7.65. The molecule has 0 unspecified atom stereocenters. The Morgan fingerprint density at radius 1 is 1.18 bits per heavy atom. The maximum atomic E-state index is 12.7. The van der Waals surface area contributed by atoms with Crippen LogP contribution >= 0.6 is 0 Å². The van der Waals surface area contributed by atoms with E-state index in [4.69, 9.17) is 9.47 Å². The Kier molecular flexibility index (Phi) is 4.19. The van der Waals surface area contributed by atoms with Crippen molar-refractivity contribution in [3.63, 3.8) is 0 Å². The summed E-state index contributed by atoms with van der Waals surface area (Å²) in [5.74, 6) is 0.325. The highest BCUT2D eigenvalue weighted by molar-refractivity contribution is 7.88. The fourth-order valence-electron chi connectivity index (χ4n) is 2.74. The van der Waals surface area contributed by atoms with Crippen LogP contribution in [-0.2, 0) is 15.0 Å². The molecule has 0 saturated carbocycles. The summed E-state index contributed by atoms with van der Waals surface area (Å²) in [6.45, 7) is 0.0831. The average Bonchev–Trinajstić information content (AvgIpc) is 3.11. The van der Waals surface area contributed by atoms with Gasteiger partial charge in [0.05, 0.1) is 5.71 Å². The van der Waals surface area contributed by atoms with Crippen LogP contribution in [0.1, 0.15) is 5.56 Å².